The van der Waals surface area contributed by atoms with Gasteiger partial charge in [-0.25, -0.2) is 9.37 Å². The second-order valence-electron chi connectivity index (χ2n) is 5.27. The Labute approximate surface area is 117 Å². The van der Waals surface area contributed by atoms with Gasteiger partial charge in [0.25, 0.3) is 0 Å². The van der Waals surface area contributed by atoms with Crippen molar-refractivity contribution in [3.63, 3.8) is 0 Å². The number of para-hydroxylation sites is 1. The summed E-state index contributed by atoms with van der Waals surface area (Å²) < 4.78 is 16.0. The summed E-state index contributed by atoms with van der Waals surface area (Å²) in [5, 5.41) is -0.224. The van der Waals surface area contributed by atoms with E-state index in [1.54, 1.807) is 6.07 Å². The Kier molecular flexibility index (Phi) is 3.23. The molecule has 1 aromatic carbocycles. The zero-order valence-electron chi connectivity index (χ0n) is 11.1. The van der Waals surface area contributed by atoms with Crippen molar-refractivity contribution in [2.45, 2.75) is 24.8 Å². The molecule has 1 aromatic heterocycles. The van der Waals surface area contributed by atoms with Crippen LogP contribution in [0.1, 0.15) is 30.6 Å². The number of rotatable bonds is 2. The first-order valence-electron chi connectivity index (χ1n) is 6.57. The van der Waals surface area contributed by atoms with Gasteiger partial charge in [0, 0.05) is 12.6 Å². The van der Waals surface area contributed by atoms with E-state index >= 15 is 0 Å². The minimum Gasteiger partial charge on any atom is -0.322 e. The first-order chi connectivity index (χ1) is 9.08. The predicted octanol–water partition coefficient (Wildman–Crippen LogP) is 3.35. The summed E-state index contributed by atoms with van der Waals surface area (Å²) >= 11 is 6.23. The molecule has 19 heavy (non-hydrogen) atoms. The van der Waals surface area contributed by atoms with Crippen LogP contribution < -0.4 is 0 Å². The summed E-state index contributed by atoms with van der Waals surface area (Å²) in [6, 6.07) is 5.43. The van der Waals surface area contributed by atoms with Crippen LogP contribution >= 0.6 is 11.6 Å². The third kappa shape index (κ3) is 2.13. The number of likely N-dealkylation sites (tertiary alicyclic amines) is 1. The minimum atomic E-state index is -0.277. The smallest absolute Gasteiger partial charge is 0.151 e. The largest absolute Gasteiger partial charge is 0.322 e. The third-order valence-corrected chi connectivity index (χ3v) is 3.98. The van der Waals surface area contributed by atoms with Crippen molar-refractivity contribution in [3.05, 3.63) is 29.8 Å². The SMILES string of the molecule is CC(Cl)c1nc2c(F)cccc2n1C1CCN(C)C1. The van der Waals surface area contributed by atoms with E-state index in [9.17, 15) is 4.39 Å². The molecule has 0 bridgehead atoms. The molecular formula is C14H17ClFN3. The Morgan fingerprint density at radius 3 is 2.89 bits per heavy atom. The van der Waals surface area contributed by atoms with E-state index in [-0.39, 0.29) is 11.2 Å². The second-order valence-corrected chi connectivity index (χ2v) is 5.92. The highest BCUT2D eigenvalue weighted by Gasteiger charge is 2.27. The summed E-state index contributed by atoms with van der Waals surface area (Å²) in [5.41, 5.74) is 1.28. The Morgan fingerprint density at radius 1 is 1.47 bits per heavy atom. The normalized spacial score (nSPS) is 22.2. The highest BCUT2D eigenvalue weighted by Crippen LogP contribution is 2.32. The van der Waals surface area contributed by atoms with Gasteiger partial charge >= 0.3 is 0 Å². The number of benzene rings is 1. The molecule has 2 unspecified atom stereocenters. The van der Waals surface area contributed by atoms with Gasteiger partial charge in [0.1, 0.15) is 11.3 Å². The van der Waals surface area contributed by atoms with Gasteiger partial charge < -0.3 is 9.47 Å². The number of fused-ring (bicyclic) bond motifs is 1. The number of imidazole rings is 1. The monoisotopic (exact) mass is 281 g/mol. The van der Waals surface area contributed by atoms with Crippen LogP contribution in [0.4, 0.5) is 4.39 Å². The van der Waals surface area contributed by atoms with Crippen LogP contribution in [0.15, 0.2) is 18.2 Å². The maximum absolute atomic E-state index is 13.9. The lowest BCUT2D eigenvalue weighted by atomic mass is 10.2. The van der Waals surface area contributed by atoms with Crippen molar-refractivity contribution in [2.24, 2.45) is 0 Å². The number of halogens is 2. The molecule has 0 spiro atoms. The van der Waals surface area contributed by atoms with Crippen molar-refractivity contribution >= 4 is 22.6 Å². The van der Waals surface area contributed by atoms with Crippen LogP contribution in [0, 0.1) is 5.82 Å². The molecule has 2 heterocycles. The van der Waals surface area contributed by atoms with Gasteiger partial charge in [0.15, 0.2) is 5.82 Å². The molecule has 0 radical (unpaired) electrons. The molecule has 0 N–H and O–H groups in total. The lowest BCUT2D eigenvalue weighted by Crippen LogP contribution is -2.18. The average Bonchev–Trinajstić information content (AvgIpc) is 2.93. The number of hydrogen-bond donors (Lipinski definition) is 0. The number of likely N-dealkylation sites (N-methyl/N-ethyl adjacent to an activating group) is 1. The summed E-state index contributed by atoms with van der Waals surface area (Å²) in [7, 11) is 2.10. The fourth-order valence-electron chi connectivity index (χ4n) is 2.89. The van der Waals surface area contributed by atoms with Crippen molar-refractivity contribution in [2.75, 3.05) is 20.1 Å². The van der Waals surface area contributed by atoms with Gasteiger partial charge in [-0.3, -0.25) is 0 Å². The highest BCUT2D eigenvalue weighted by atomic mass is 35.5. The van der Waals surface area contributed by atoms with E-state index in [1.807, 2.05) is 13.0 Å². The van der Waals surface area contributed by atoms with Crippen LogP contribution in [0.2, 0.25) is 0 Å². The maximum atomic E-state index is 13.9. The van der Waals surface area contributed by atoms with Gasteiger partial charge in [-0.05, 0) is 39.1 Å². The van der Waals surface area contributed by atoms with Crippen molar-refractivity contribution in [3.8, 4) is 0 Å². The maximum Gasteiger partial charge on any atom is 0.151 e. The topological polar surface area (TPSA) is 21.1 Å². The zero-order chi connectivity index (χ0) is 13.6. The van der Waals surface area contributed by atoms with Crippen LogP contribution in [-0.4, -0.2) is 34.6 Å². The minimum absolute atomic E-state index is 0.224. The Balaban J connectivity index is 2.20. The summed E-state index contributed by atoms with van der Waals surface area (Å²) in [6.07, 6.45) is 1.05. The van der Waals surface area contributed by atoms with Crippen LogP contribution in [0.5, 0.6) is 0 Å². The molecule has 0 saturated carbocycles. The number of nitrogens with zero attached hydrogens (tertiary/aromatic N) is 3. The second kappa shape index (κ2) is 4.76. The van der Waals surface area contributed by atoms with E-state index in [4.69, 9.17) is 11.6 Å². The molecule has 3 rings (SSSR count). The first-order valence-corrected chi connectivity index (χ1v) is 7.00. The molecule has 1 saturated heterocycles. The van der Waals surface area contributed by atoms with E-state index in [0.717, 1.165) is 30.9 Å². The molecule has 102 valence electrons. The molecule has 2 atom stereocenters. The molecule has 0 aliphatic carbocycles. The molecule has 5 heteroatoms. The molecule has 0 amide bonds. The Bertz CT molecular complexity index is 608. The van der Waals surface area contributed by atoms with Crippen LogP contribution in [0.25, 0.3) is 11.0 Å². The molecular weight excluding hydrogens is 265 g/mol. The van der Waals surface area contributed by atoms with Crippen LogP contribution in [-0.2, 0) is 0 Å². The van der Waals surface area contributed by atoms with Crippen molar-refractivity contribution in [1.29, 1.82) is 0 Å². The molecule has 1 fully saturated rings. The van der Waals surface area contributed by atoms with Gasteiger partial charge in [0.05, 0.1) is 10.9 Å². The zero-order valence-corrected chi connectivity index (χ0v) is 11.9. The number of aromatic nitrogens is 2. The summed E-state index contributed by atoms with van der Waals surface area (Å²) in [4.78, 5) is 6.70. The average molecular weight is 282 g/mol. The standard InChI is InChI=1S/C14H17ClFN3/c1-9(15)14-17-13-11(16)4-3-5-12(13)19(14)10-6-7-18(2)8-10/h3-5,9-10H,6-8H2,1-2H3. The first kappa shape index (κ1) is 12.9. The van der Waals surface area contributed by atoms with E-state index < -0.39 is 0 Å². The van der Waals surface area contributed by atoms with Crippen molar-refractivity contribution < 1.29 is 4.39 Å². The fraction of sp³-hybridized carbons (Fsp3) is 0.500. The molecule has 2 aromatic rings. The predicted molar refractivity (Wildman–Crippen MR) is 75.1 cm³/mol. The third-order valence-electron chi connectivity index (χ3n) is 3.79. The molecule has 3 nitrogen and oxygen atoms in total. The van der Waals surface area contributed by atoms with Crippen molar-refractivity contribution in [1.82, 2.24) is 14.5 Å². The number of hydrogen-bond acceptors (Lipinski definition) is 2. The quantitative estimate of drug-likeness (QED) is 0.787. The van der Waals surface area contributed by atoms with Gasteiger partial charge in [-0.1, -0.05) is 6.07 Å². The Hall–Kier alpha value is -1.13. The summed E-state index contributed by atoms with van der Waals surface area (Å²) in [5.74, 6) is 0.489. The van der Waals surface area contributed by atoms with Gasteiger partial charge in [-0.2, -0.15) is 0 Å². The fourth-order valence-corrected chi connectivity index (χ4v) is 3.04. The molecule has 1 aliphatic heterocycles. The van der Waals surface area contributed by atoms with Gasteiger partial charge in [0.2, 0.25) is 0 Å². The van der Waals surface area contributed by atoms with E-state index in [2.05, 4.69) is 21.5 Å². The number of alkyl halides is 1. The Morgan fingerprint density at radius 2 is 2.26 bits per heavy atom. The molecule has 1 aliphatic rings. The van der Waals surface area contributed by atoms with E-state index in [0.29, 0.717) is 11.6 Å². The summed E-state index contributed by atoms with van der Waals surface area (Å²) in [6.45, 7) is 3.89. The highest BCUT2D eigenvalue weighted by molar-refractivity contribution is 6.20. The van der Waals surface area contributed by atoms with E-state index in [1.165, 1.54) is 6.07 Å². The van der Waals surface area contributed by atoms with Gasteiger partial charge in [-0.15, -0.1) is 11.6 Å². The van der Waals surface area contributed by atoms with Crippen LogP contribution in [0.3, 0.4) is 0 Å². The lowest BCUT2D eigenvalue weighted by molar-refractivity contribution is 0.392. The lowest BCUT2D eigenvalue weighted by Gasteiger charge is -2.17.